The predicted molar refractivity (Wildman–Crippen MR) is 89.3 cm³/mol. The first-order valence-electron chi connectivity index (χ1n) is 7.49. The van der Waals surface area contributed by atoms with Crippen LogP contribution in [0.1, 0.15) is 27.5 Å². The van der Waals surface area contributed by atoms with Crippen LogP contribution >= 0.6 is 11.6 Å². The van der Waals surface area contributed by atoms with Gasteiger partial charge in [-0.1, -0.05) is 47.5 Å². The van der Waals surface area contributed by atoms with Crippen molar-refractivity contribution in [2.75, 3.05) is 19.6 Å². The first-order valence-corrected chi connectivity index (χ1v) is 7.87. The average molecular weight is 315 g/mol. The number of aryl methyl sites for hydroxylation is 1. The minimum absolute atomic E-state index is 0.0320. The summed E-state index contributed by atoms with van der Waals surface area (Å²) in [6, 6.07) is 15.5. The number of amides is 1. The fraction of sp³-hybridized carbons (Fsp3) is 0.278. The van der Waals surface area contributed by atoms with Gasteiger partial charge in [-0.05, 0) is 30.7 Å². The number of rotatable bonds is 2. The third-order valence-corrected chi connectivity index (χ3v) is 4.38. The summed E-state index contributed by atoms with van der Waals surface area (Å²) in [5, 5.41) is 4.06. The second-order valence-corrected chi connectivity index (χ2v) is 6.02. The number of carbonyl (C=O) groups excluding carboxylic acids is 1. The lowest BCUT2D eigenvalue weighted by molar-refractivity contribution is 0.0634. The largest absolute Gasteiger partial charge is 0.329 e. The zero-order valence-electron chi connectivity index (χ0n) is 12.6. The van der Waals surface area contributed by atoms with Gasteiger partial charge in [0.25, 0.3) is 5.91 Å². The number of benzene rings is 2. The van der Waals surface area contributed by atoms with E-state index >= 15 is 0 Å². The van der Waals surface area contributed by atoms with E-state index in [0.29, 0.717) is 11.6 Å². The smallest absolute Gasteiger partial charge is 0.254 e. The van der Waals surface area contributed by atoms with Gasteiger partial charge >= 0.3 is 0 Å². The van der Waals surface area contributed by atoms with Crippen molar-refractivity contribution in [1.29, 1.82) is 0 Å². The maximum Gasteiger partial charge on any atom is 0.254 e. The van der Waals surface area contributed by atoms with E-state index in [2.05, 4.69) is 5.32 Å². The normalized spacial score (nSPS) is 18.3. The van der Waals surface area contributed by atoms with Crippen LogP contribution in [0.2, 0.25) is 5.02 Å². The Labute approximate surface area is 135 Å². The van der Waals surface area contributed by atoms with E-state index in [0.717, 1.165) is 29.8 Å². The van der Waals surface area contributed by atoms with Crippen molar-refractivity contribution in [1.82, 2.24) is 10.2 Å². The van der Waals surface area contributed by atoms with Gasteiger partial charge in [-0.3, -0.25) is 4.79 Å². The fourth-order valence-electron chi connectivity index (χ4n) is 2.91. The molecule has 1 saturated heterocycles. The van der Waals surface area contributed by atoms with Gasteiger partial charge in [0.05, 0.1) is 6.04 Å². The highest BCUT2D eigenvalue weighted by molar-refractivity contribution is 6.31. The lowest BCUT2D eigenvalue weighted by Gasteiger charge is -2.37. The van der Waals surface area contributed by atoms with Crippen LogP contribution in [0.5, 0.6) is 0 Å². The molecule has 1 heterocycles. The van der Waals surface area contributed by atoms with Gasteiger partial charge < -0.3 is 10.2 Å². The van der Waals surface area contributed by atoms with E-state index in [4.69, 9.17) is 11.6 Å². The quantitative estimate of drug-likeness (QED) is 0.921. The molecule has 22 heavy (non-hydrogen) atoms. The Bertz CT molecular complexity index is 686. The van der Waals surface area contributed by atoms with Crippen LogP contribution in [0.3, 0.4) is 0 Å². The third-order valence-electron chi connectivity index (χ3n) is 4.03. The summed E-state index contributed by atoms with van der Waals surface area (Å²) in [6.07, 6.45) is 0. The minimum atomic E-state index is -0.0320. The van der Waals surface area contributed by atoms with Gasteiger partial charge in [0.15, 0.2) is 0 Å². The molecule has 1 unspecified atom stereocenters. The van der Waals surface area contributed by atoms with Crippen molar-refractivity contribution >= 4 is 17.5 Å². The van der Waals surface area contributed by atoms with Crippen molar-refractivity contribution in [2.45, 2.75) is 13.0 Å². The topological polar surface area (TPSA) is 32.3 Å². The molecule has 0 saturated carbocycles. The first kappa shape index (κ1) is 15.1. The highest BCUT2D eigenvalue weighted by Crippen LogP contribution is 2.29. The van der Waals surface area contributed by atoms with Crippen LogP contribution in [-0.2, 0) is 0 Å². The van der Waals surface area contributed by atoms with Crippen molar-refractivity contribution in [3.8, 4) is 0 Å². The number of piperazine rings is 1. The van der Waals surface area contributed by atoms with Gasteiger partial charge in [-0.15, -0.1) is 0 Å². The fourth-order valence-corrected chi connectivity index (χ4v) is 3.18. The Hall–Kier alpha value is -1.84. The molecule has 0 aromatic heterocycles. The van der Waals surface area contributed by atoms with E-state index < -0.39 is 0 Å². The first-order chi connectivity index (χ1) is 10.7. The molecule has 3 rings (SSSR count). The molecule has 1 fully saturated rings. The van der Waals surface area contributed by atoms with Gasteiger partial charge in [0, 0.05) is 30.2 Å². The number of nitrogens with zero attached hydrogens (tertiary/aromatic N) is 1. The van der Waals surface area contributed by atoms with Crippen LogP contribution in [-0.4, -0.2) is 30.4 Å². The molecule has 1 N–H and O–H groups in total. The molecule has 2 aromatic rings. The van der Waals surface area contributed by atoms with Crippen LogP contribution in [0, 0.1) is 6.92 Å². The summed E-state index contributed by atoms with van der Waals surface area (Å²) in [6.45, 7) is 4.21. The molecule has 4 heteroatoms. The van der Waals surface area contributed by atoms with Crippen LogP contribution in [0.25, 0.3) is 0 Å². The van der Waals surface area contributed by atoms with Gasteiger partial charge in [0.1, 0.15) is 0 Å². The summed E-state index contributed by atoms with van der Waals surface area (Å²) < 4.78 is 0. The van der Waals surface area contributed by atoms with E-state index in [1.807, 2.05) is 60.4 Å². The molecule has 0 radical (unpaired) electrons. The average Bonchev–Trinajstić information content (AvgIpc) is 2.55. The van der Waals surface area contributed by atoms with Crippen molar-refractivity contribution in [3.05, 3.63) is 70.2 Å². The number of hydrogen-bond acceptors (Lipinski definition) is 2. The highest BCUT2D eigenvalue weighted by Gasteiger charge is 2.29. The van der Waals surface area contributed by atoms with Gasteiger partial charge in [-0.25, -0.2) is 0 Å². The summed E-state index contributed by atoms with van der Waals surface area (Å²) >= 11 is 6.33. The molecule has 1 aliphatic rings. The summed E-state index contributed by atoms with van der Waals surface area (Å²) in [5.74, 6) is 0.0649. The molecule has 0 bridgehead atoms. The van der Waals surface area contributed by atoms with Crippen LogP contribution < -0.4 is 5.32 Å². The second kappa shape index (κ2) is 6.51. The number of carbonyl (C=O) groups is 1. The van der Waals surface area contributed by atoms with Gasteiger partial charge in [-0.2, -0.15) is 0 Å². The Morgan fingerprint density at radius 1 is 1.23 bits per heavy atom. The van der Waals surface area contributed by atoms with E-state index in [1.165, 1.54) is 0 Å². The number of nitrogens with one attached hydrogen (secondary N) is 1. The molecule has 3 nitrogen and oxygen atoms in total. The predicted octanol–water partition coefficient (Wildman–Crippen LogP) is 3.44. The zero-order chi connectivity index (χ0) is 15.5. The minimum Gasteiger partial charge on any atom is -0.329 e. The van der Waals surface area contributed by atoms with Crippen molar-refractivity contribution in [3.63, 3.8) is 0 Å². The Balaban J connectivity index is 1.93. The zero-order valence-corrected chi connectivity index (χ0v) is 13.3. The van der Waals surface area contributed by atoms with E-state index in [-0.39, 0.29) is 11.9 Å². The lowest BCUT2D eigenvalue weighted by Crippen LogP contribution is -2.48. The Morgan fingerprint density at radius 2 is 2.05 bits per heavy atom. The van der Waals surface area contributed by atoms with Crippen LogP contribution in [0.15, 0.2) is 48.5 Å². The van der Waals surface area contributed by atoms with E-state index in [1.54, 1.807) is 0 Å². The third kappa shape index (κ3) is 3.01. The molecule has 1 amide bonds. The van der Waals surface area contributed by atoms with E-state index in [9.17, 15) is 4.79 Å². The molecule has 1 atom stereocenters. The summed E-state index contributed by atoms with van der Waals surface area (Å²) in [7, 11) is 0. The molecule has 1 aliphatic heterocycles. The summed E-state index contributed by atoms with van der Waals surface area (Å²) in [4.78, 5) is 14.8. The second-order valence-electron chi connectivity index (χ2n) is 5.61. The number of halogens is 1. The maximum absolute atomic E-state index is 12.9. The monoisotopic (exact) mass is 314 g/mol. The van der Waals surface area contributed by atoms with Gasteiger partial charge in [0.2, 0.25) is 0 Å². The molecule has 0 spiro atoms. The molecule has 114 valence electrons. The lowest BCUT2D eigenvalue weighted by atomic mass is 10.0. The van der Waals surface area contributed by atoms with Crippen molar-refractivity contribution < 1.29 is 4.79 Å². The highest BCUT2D eigenvalue weighted by atomic mass is 35.5. The molecule has 2 aromatic carbocycles. The molecule has 0 aliphatic carbocycles. The molecular formula is C18H19ClN2O. The van der Waals surface area contributed by atoms with Crippen LogP contribution in [0.4, 0.5) is 0 Å². The SMILES string of the molecule is Cc1cccc(C(=O)N2CCNCC2c2ccccc2Cl)c1. The maximum atomic E-state index is 12.9. The Morgan fingerprint density at radius 3 is 2.82 bits per heavy atom. The standard InChI is InChI=1S/C18H19ClN2O/c1-13-5-4-6-14(11-13)18(22)21-10-9-20-12-17(21)15-7-2-3-8-16(15)19/h2-8,11,17,20H,9-10,12H2,1H3. The Kier molecular flexibility index (Phi) is 4.46. The number of hydrogen-bond donors (Lipinski definition) is 1. The summed E-state index contributed by atoms with van der Waals surface area (Å²) in [5.41, 5.74) is 2.83. The van der Waals surface area contributed by atoms with Crippen molar-refractivity contribution in [2.24, 2.45) is 0 Å². The molecular weight excluding hydrogens is 296 g/mol.